The summed E-state index contributed by atoms with van der Waals surface area (Å²) in [5, 5.41) is 6.02. The molecule has 58 heavy (non-hydrogen) atoms. The molecule has 0 radical (unpaired) electrons. The van der Waals surface area contributed by atoms with Crippen LogP contribution in [0.5, 0.6) is 23.1 Å². The SMILES string of the molecule is COc1cc(CCC(=O)N2CCN(C(C)C)CC2)ccc1Oc1nc(Nc2ccc(OCCCN3CCN(C)CC3)c(F)c2)ncc1C(=O)Nc1c(C)cccc1C. The second-order valence-electron chi connectivity index (χ2n) is 15.3. The molecule has 2 N–H and O–H groups in total. The van der Waals surface area contributed by atoms with E-state index in [0.717, 1.165) is 82.0 Å². The molecular formula is C44H57FN8O5. The Balaban J connectivity index is 1.15. The lowest BCUT2D eigenvalue weighted by Crippen LogP contribution is -2.50. The number of methoxy groups -OCH3 is 1. The highest BCUT2D eigenvalue weighted by Gasteiger charge is 2.24. The molecule has 6 rings (SSSR count). The highest BCUT2D eigenvalue weighted by Crippen LogP contribution is 2.35. The highest BCUT2D eigenvalue weighted by molar-refractivity contribution is 6.06. The summed E-state index contributed by atoms with van der Waals surface area (Å²) in [6, 6.07) is 16.2. The van der Waals surface area contributed by atoms with Gasteiger partial charge in [0.05, 0.1) is 13.7 Å². The maximum atomic E-state index is 15.2. The number of ether oxygens (including phenoxy) is 3. The molecule has 2 aliphatic rings. The van der Waals surface area contributed by atoms with Gasteiger partial charge in [0.1, 0.15) is 5.56 Å². The van der Waals surface area contributed by atoms with Gasteiger partial charge in [-0.2, -0.15) is 4.98 Å². The van der Waals surface area contributed by atoms with Gasteiger partial charge >= 0.3 is 0 Å². The summed E-state index contributed by atoms with van der Waals surface area (Å²) < 4.78 is 33.0. The zero-order valence-corrected chi connectivity index (χ0v) is 34.6. The predicted molar refractivity (Wildman–Crippen MR) is 224 cm³/mol. The van der Waals surface area contributed by atoms with Crippen LogP contribution in [0.4, 0.5) is 21.7 Å². The van der Waals surface area contributed by atoms with E-state index in [1.807, 2.05) is 49.1 Å². The number of carbonyl (C=O) groups is 2. The Morgan fingerprint density at radius 2 is 1.62 bits per heavy atom. The van der Waals surface area contributed by atoms with Crippen molar-refractivity contribution >= 4 is 29.1 Å². The minimum atomic E-state index is -0.522. The van der Waals surface area contributed by atoms with Gasteiger partial charge in [0.15, 0.2) is 23.1 Å². The lowest BCUT2D eigenvalue weighted by atomic mass is 10.1. The molecule has 3 aromatic carbocycles. The topological polar surface area (TPSA) is 125 Å². The Labute approximate surface area is 341 Å². The van der Waals surface area contributed by atoms with E-state index in [4.69, 9.17) is 14.2 Å². The fourth-order valence-electron chi connectivity index (χ4n) is 7.17. The molecule has 2 saturated heterocycles. The summed E-state index contributed by atoms with van der Waals surface area (Å²) in [6.07, 6.45) is 3.07. The quantitative estimate of drug-likeness (QED) is 0.120. The third kappa shape index (κ3) is 11.2. The van der Waals surface area contributed by atoms with Crippen molar-refractivity contribution in [3.05, 3.63) is 88.9 Å². The lowest BCUT2D eigenvalue weighted by Gasteiger charge is -2.37. The first kappa shape index (κ1) is 42.3. The second-order valence-corrected chi connectivity index (χ2v) is 15.3. The van der Waals surface area contributed by atoms with Crippen LogP contribution in [0.3, 0.4) is 0 Å². The van der Waals surface area contributed by atoms with Crippen molar-refractivity contribution in [2.75, 3.05) is 90.3 Å². The minimum Gasteiger partial charge on any atom is -0.493 e. The fraction of sp³-hybridized carbons (Fsp3) is 0.455. The average molecular weight is 797 g/mol. The Bertz CT molecular complexity index is 2010. The van der Waals surface area contributed by atoms with Gasteiger partial charge in [-0.3, -0.25) is 14.5 Å². The van der Waals surface area contributed by atoms with E-state index in [1.165, 1.54) is 19.4 Å². The van der Waals surface area contributed by atoms with Crippen molar-refractivity contribution < 1.29 is 28.2 Å². The molecule has 0 bridgehead atoms. The van der Waals surface area contributed by atoms with Crippen LogP contribution in [0.25, 0.3) is 0 Å². The second kappa shape index (κ2) is 19.9. The molecule has 2 aliphatic heterocycles. The Morgan fingerprint density at radius 1 is 0.897 bits per heavy atom. The summed E-state index contributed by atoms with van der Waals surface area (Å²) in [5.74, 6) is 0.0670. The van der Waals surface area contributed by atoms with Crippen LogP contribution in [-0.2, 0) is 11.2 Å². The van der Waals surface area contributed by atoms with Gasteiger partial charge in [0.2, 0.25) is 17.7 Å². The number of hydrogen-bond acceptors (Lipinski definition) is 11. The molecule has 3 heterocycles. The number of anilines is 3. The number of amides is 2. The monoisotopic (exact) mass is 796 g/mol. The summed E-state index contributed by atoms with van der Waals surface area (Å²) in [5.41, 5.74) is 3.84. The molecule has 0 saturated carbocycles. The van der Waals surface area contributed by atoms with E-state index in [1.54, 1.807) is 18.2 Å². The average Bonchev–Trinajstić information content (AvgIpc) is 3.21. The van der Waals surface area contributed by atoms with Crippen LogP contribution >= 0.6 is 0 Å². The Morgan fingerprint density at radius 3 is 2.31 bits per heavy atom. The van der Waals surface area contributed by atoms with Crippen molar-refractivity contribution in [3.63, 3.8) is 0 Å². The molecule has 310 valence electrons. The zero-order valence-electron chi connectivity index (χ0n) is 34.6. The zero-order chi connectivity index (χ0) is 41.2. The largest absolute Gasteiger partial charge is 0.493 e. The maximum absolute atomic E-state index is 15.2. The number of halogens is 1. The number of benzene rings is 3. The molecule has 0 aliphatic carbocycles. The molecule has 4 aromatic rings. The molecular weight excluding hydrogens is 740 g/mol. The summed E-state index contributed by atoms with van der Waals surface area (Å²) in [4.78, 5) is 44.9. The van der Waals surface area contributed by atoms with Gasteiger partial charge in [0.25, 0.3) is 5.91 Å². The maximum Gasteiger partial charge on any atom is 0.262 e. The first-order valence-electron chi connectivity index (χ1n) is 20.2. The van der Waals surface area contributed by atoms with Crippen LogP contribution in [0.15, 0.2) is 60.8 Å². The molecule has 2 fully saturated rings. The van der Waals surface area contributed by atoms with Gasteiger partial charge in [-0.15, -0.1) is 0 Å². The van der Waals surface area contributed by atoms with Crippen molar-refractivity contribution in [1.82, 2.24) is 29.6 Å². The van der Waals surface area contributed by atoms with E-state index >= 15 is 4.39 Å². The van der Waals surface area contributed by atoms with Gasteiger partial charge in [-0.1, -0.05) is 24.3 Å². The van der Waals surface area contributed by atoms with Gasteiger partial charge in [-0.05, 0) is 88.5 Å². The number of nitrogens with zero attached hydrogens (tertiary/aromatic N) is 6. The van der Waals surface area contributed by atoms with E-state index in [2.05, 4.69) is 56.2 Å². The van der Waals surface area contributed by atoms with Crippen LogP contribution in [0.1, 0.15) is 53.7 Å². The molecule has 1 aromatic heterocycles. The predicted octanol–water partition coefficient (Wildman–Crippen LogP) is 6.53. The summed E-state index contributed by atoms with van der Waals surface area (Å²) in [7, 11) is 3.66. The van der Waals surface area contributed by atoms with Crippen LogP contribution < -0.4 is 24.8 Å². The minimum absolute atomic E-state index is 0.0382. The Kier molecular flexibility index (Phi) is 14.5. The van der Waals surface area contributed by atoms with Crippen LogP contribution in [0, 0.1) is 19.7 Å². The number of piperazine rings is 2. The summed E-state index contributed by atoms with van der Waals surface area (Å²) in [6.45, 7) is 16.9. The van der Waals surface area contributed by atoms with Crippen molar-refractivity contribution in [2.45, 2.75) is 53.0 Å². The number of nitrogens with one attached hydrogen (secondary N) is 2. The van der Waals surface area contributed by atoms with E-state index in [9.17, 15) is 9.59 Å². The number of hydrogen-bond donors (Lipinski definition) is 2. The molecule has 2 amide bonds. The molecule has 0 atom stereocenters. The number of aryl methyl sites for hydroxylation is 3. The number of carbonyl (C=O) groups excluding carboxylic acids is 2. The van der Waals surface area contributed by atoms with Gasteiger partial charge in [0, 0.05) is 95.0 Å². The summed E-state index contributed by atoms with van der Waals surface area (Å²) >= 11 is 0. The van der Waals surface area contributed by atoms with E-state index in [0.29, 0.717) is 48.4 Å². The molecule has 14 heteroatoms. The number of para-hydroxylation sites is 1. The third-order valence-electron chi connectivity index (χ3n) is 10.8. The molecule has 0 spiro atoms. The van der Waals surface area contributed by atoms with E-state index < -0.39 is 11.7 Å². The smallest absolute Gasteiger partial charge is 0.262 e. The third-order valence-corrected chi connectivity index (χ3v) is 10.8. The van der Waals surface area contributed by atoms with Crippen molar-refractivity contribution in [1.29, 1.82) is 0 Å². The lowest BCUT2D eigenvalue weighted by molar-refractivity contribution is -0.133. The van der Waals surface area contributed by atoms with Gasteiger partial charge < -0.3 is 39.5 Å². The highest BCUT2D eigenvalue weighted by atomic mass is 19.1. The van der Waals surface area contributed by atoms with Gasteiger partial charge in [-0.25, -0.2) is 9.37 Å². The number of aromatic nitrogens is 2. The van der Waals surface area contributed by atoms with Crippen LogP contribution in [0.2, 0.25) is 0 Å². The molecule has 0 unspecified atom stereocenters. The first-order valence-corrected chi connectivity index (χ1v) is 20.2. The standard InChI is InChI=1S/C44H57FN8O5/c1-30(2)52-22-24-53(25-23-52)40(54)16-12-33-11-14-38(39(27-33)56-6)58-43-35(42(55)48-41-31(3)9-7-10-32(41)4)29-46-44(49-43)47-34-13-15-37(36(45)28-34)57-26-8-17-51-20-18-50(5)19-21-51/h7,9-11,13-15,27-30H,8,12,16-26H2,1-6H3,(H,48,55)(H,46,47,49). The van der Waals surface area contributed by atoms with Crippen LogP contribution in [-0.4, -0.2) is 127 Å². The Hall–Kier alpha value is -5.31. The van der Waals surface area contributed by atoms with Crippen molar-refractivity contribution in [3.8, 4) is 23.1 Å². The number of likely N-dealkylation sites (N-methyl/N-ethyl adjacent to an activating group) is 1. The first-order chi connectivity index (χ1) is 28.0. The van der Waals surface area contributed by atoms with E-state index in [-0.39, 0.29) is 29.0 Å². The fourth-order valence-corrected chi connectivity index (χ4v) is 7.17. The number of rotatable bonds is 16. The molecule has 13 nitrogen and oxygen atoms in total. The van der Waals surface area contributed by atoms with Crippen molar-refractivity contribution in [2.24, 2.45) is 0 Å². The normalized spacial score (nSPS) is 15.3.